The summed E-state index contributed by atoms with van der Waals surface area (Å²) in [5.41, 5.74) is 2.97. The molecule has 0 radical (unpaired) electrons. The van der Waals surface area contributed by atoms with Gasteiger partial charge < -0.3 is 9.52 Å². The molecule has 1 atom stereocenters. The normalized spacial score (nSPS) is 13.0. The highest BCUT2D eigenvalue weighted by Crippen LogP contribution is 2.29. The van der Waals surface area contributed by atoms with Crippen molar-refractivity contribution < 1.29 is 9.52 Å². The Hall–Kier alpha value is -1.13. The van der Waals surface area contributed by atoms with Crippen molar-refractivity contribution in [2.45, 2.75) is 40.2 Å². The lowest BCUT2D eigenvalue weighted by Gasteiger charge is -2.09. The third-order valence-electron chi connectivity index (χ3n) is 2.99. The first kappa shape index (κ1) is 12.3. The predicted octanol–water partition coefficient (Wildman–Crippen LogP) is 3.25. The number of nitrogens with zero attached hydrogens (tertiary/aromatic N) is 1. The van der Waals surface area contributed by atoms with E-state index in [1.807, 2.05) is 33.1 Å². The number of thiazole rings is 1. The van der Waals surface area contributed by atoms with Gasteiger partial charge in [-0.05, 0) is 33.3 Å². The van der Waals surface area contributed by atoms with Crippen molar-refractivity contribution in [3.05, 3.63) is 38.7 Å². The third kappa shape index (κ3) is 2.42. The maximum absolute atomic E-state index is 10.3. The largest absolute Gasteiger partial charge is 0.466 e. The quantitative estimate of drug-likeness (QED) is 0.910. The summed E-state index contributed by atoms with van der Waals surface area (Å²) in [6.45, 7) is 7.76. The summed E-state index contributed by atoms with van der Waals surface area (Å²) < 4.78 is 5.53. The van der Waals surface area contributed by atoms with Crippen molar-refractivity contribution in [1.29, 1.82) is 0 Å². The molecule has 2 aromatic rings. The molecule has 0 fully saturated rings. The van der Waals surface area contributed by atoms with E-state index in [4.69, 9.17) is 4.42 Å². The summed E-state index contributed by atoms with van der Waals surface area (Å²) in [5.74, 6) is 1.69. The van der Waals surface area contributed by atoms with Crippen LogP contribution in [0.3, 0.4) is 0 Å². The fourth-order valence-corrected chi connectivity index (χ4v) is 2.87. The molecule has 1 unspecified atom stereocenters. The van der Waals surface area contributed by atoms with Crippen LogP contribution < -0.4 is 0 Å². The lowest BCUT2D eigenvalue weighted by Crippen LogP contribution is -2.03. The van der Waals surface area contributed by atoms with Crippen molar-refractivity contribution >= 4 is 11.3 Å². The van der Waals surface area contributed by atoms with Gasteiger partial charge in [0.25, 0.3) is 0 Å². The molecule has 2 aromatic heterocycles. The predicted molar refractivity (Wildman–Crippen MR) is 68.4 cm³/mol. The number of rotatable bonds is 3. The van der Waals surface area contributed by atoms with E-state index in [0.717, 1.165) is 33.3 Å². The SMILES string of the molecule is Cc1csc(CC(O)c2c(C)oc(C)c2C)n1. The zero-order valence-corrected chi connectivity index (χ0v) is 11.4. The molecule has 0 saturated carbocycles. The smallest absolute Gasteiger partial charge is 0.107 e. The molecule has 3 nitrogen and oxygen atoms in total. The minimum absolute atomic E-state index is 0.530. The van der Waals surface area contributed by atoms with Crippen LogP contribution in [0.1, 0.15) is 39.5 Å². The number of aliphatic hydroxyl groups is 1. The van der Waals surface area contributed by atoms with E-state index in [2.05, 4.69) is 4.98 Å². The van der Waals surface area contributed by atoms with Gasteiger partial charge in [0.2, 0.25) is 0 Å². The molecule has 0 amide bonds. The van der Waals surface area contributed by atoms with Crippen molar-refractivity contribution in [2.24, 2.45) is 0 Å². The molecule has 4 heteroatoms. The molecule has 0 aliphatic heterocycles. The molecule has 0 aliphatic rings. The van der Waals surface area contributed by atoms with Crippen LogP contribution in [0.15, 0.2) is 9.80 Å². The zero-order valence-electron chi connectivity index (χ0n) is 10.6. The molecule has 2 rings (SSSR count). The van der Waals surface area contributed by atoms with E-state index >= 15 is 0 Å². The van der Waals surface area contributed by atoms with Gasteiger partial charge in [-0.2, -0.15) is 0 Å². The summed E-state index contributed by atoms with van der Waals surface area (Å²) in [6.07, 6.45) is 0.0251. The van der Waals surface area contributed by atoms with E-state index in [0.29, 0.717) is 6.42 Å². The number of aryl methyl sites for hydroxylation is 3. The highest BCUT2D eigenvalue weighted by atomic mass is 32.1. The summed E-state index contributed by atoms with van der Waals surface area (Å²) in [6, 6.07) is 0. The molecule has 0 spiro atoms. The maximum atomic E-state index is 10.3. The van der Waals surface area contributed by atoms with Gasteiger partial charge in [-0.1, -0.05) is 0 Å². The lowest BCUT2D eigenvalue weighted by molar-refractivity contribution is 0.175. The molecular weight excluding hydrogens is 234 g/mol. The van der Waals surface area contributed by atoms with Crippen LogP contribution in [0.25, 0.3) is 0 Å². The fourth-order valence-electron chi connectivity index (χ4n) is 2.06. The summed E-state index contributed by atoms with van der Waals surface area (Å²) in [4.78, 5) is 4.37. The van der Waals surface area contributed by atoms with Gasteiger partial charge in [0, 0.05) is 23.1 Å². The lowest BCUT2D eigenvalue weighted by atomic mass is 10.0. The molecule has 2 heterocycles. The maximum Gasteiger partial charge on any atom is 0.107 e. The second-order valence-electron chi connectivity index (χ2n) is 4.36. The van der Waals surface area contributed by atoms with Crippen molar-refractivity contribution in [3.8, 4) is 0 Å². The van der Waals surface area contributed by atoms with Crippen molar-refractivity contribution in [2.75, 3.05) is 0 Å². The van der Waals surface area contributed by atoms with Crippen LogP contribution >= 0.6 is 11.3 Å². The fraction of sp³-hybridized carbons (Fsp3) is 0.462. The Labute approximate surface area is 105 Å². The van der Waals surface area contributed by atoms with Crippen molar-refractivity contribution in [3.63, 3.8) is 0 Å². The van der Waals surface area contributed by atoms with E-state index < -0.39 is 6.10 Å². The Morgan fingerprint density at radius 3 is 2.47 bits per heavy atom. The van der Waals surface area contributed by atoms with Gasteiger partial charge in [-0.25, -0.2) is 4.98 Å². The Bertz CT molecular complexity index is 528. The van der Waals surface area contributed by atoms with E-state index in [1.54, 1.807) is 11.3 Å². The molecule has 1 N–H and O–H groups in total. The van der Waals surface area contributed by atoms with E-state index in [9.17, 15) is 5.11 Å². The van der Waals surface area contributed by atoms with Crippen LogP contribution in [0.5, 0.6) is 0 Å². The topological polar surface area (TPSA) is 46.3 Å². The second kappa shape index (κ2) is 4.63. The number of aliphatic hydroxyl groups excluding tert-OH is 1. The Morgan fingerprint density at radius 2 is 2.00 bits per heavy atom. The molecule has 0 bridgehead atoms. The van der Waals surface area contributed by atoms with Gasteiger partial charge >= 0.3 is 0 Å². The van der Waals surface area contributed by atoms with E-state index in [1.165, 1.54) is 0 Å². The molecule has 92 valence electrons. The number of furan rings is 1. The first-order valence-electron chi connectivity index (χ1n) is 5.64. The van der Waals surface area contributed by atoms with Crippen LogP contribution in [-0.4, -0.2) is 10.1 Å². The monoisotopic (exact) mass is 251 g/mol. The number of hydrogen-bond acceptors (Lipinski definition) is 4. The Morgan fingerprint density at radius 1 is 1.29 bits per heavy atom. The van der Waals surface area contributed by atoms with Crippen LogP contribution in [0, 0.1) is 27.7 Å². The summed E-state index contributed by atoms with van der Waals surface area (Å²) in [5, 5.41) is 13.2. The molecule has 0 aliphatic carbocycles. The zero-order chi connectivity index (χ0) is 12.6. The van der Waals surface area contributed by atoms with Gasteiger partial charge in [0.15, 0.2) is 0 Å². The van der Waals surface area contributed by atoms with Crippen LogP contribution in [-0.2, 0) is 6.42 Å². The van der Waals surface area contributed by atoms with Crippen molar-refractivity contribution in [1.82, 2.24) is 4.98 Å². The first-order chi connectivity index (χ1) is 7.99. The molecule has 0 aromatic carbocycles. The highest BCUT2D eigenvalue weighted by Gasteiger charge is 2.20. The van der Waals surface area contributed by atoms with E-state index in [-0.39, 0.29) is 0 Å². The number of aromatic nitrogens is 1. The Balaban J connectivity index is 2.22. The molecule has 0 saturated heterocycles. The van der Waals surface area contributed by atoms with Gasteiger partial charge in [0.1, 0.15) is 11.5 Å². The first-order valence-corrected chi connectivity index (χ1v) is 6.52. The minimum Gasteiger partial charge on any atom is -0.466 e. The van der Waals surface area contributed by atoms with Gasteiger partial charge in [-0.3, -0.25) is 0 Å². The third-order valence-corrected chi connectivity index (χ3v) is 3.97. The van der Waals surface area contributed by atoms with Crippen LogP contribution in [0.2, 0.25) is 0 Å². The average molecular weight is 251 g/mol. The number of hydrogen-bond donors (Lipinski definition) is 1. The average Bonchev–Trinajstić information content (AvgIpc) is 2.73. The van der Waals surface area contributed by atoms with Crippen LogP contribution in [0.4, 0.5) is 0 Å². The van der Waals surface area contributed by atoms with Gasteiger partial charge in [0.05, 0.1) is 11.1 Å². The highest BCUT2D eigenvalue weighted by molar-refractivity contribution is 7.09. The standard InChI is InChI=1S/C13H17NO2S/c1-7-6-17-12(14-7)5-11(15)13-8(2)9(3)16-10(13)4/h6,11,15H,5H2,1-4H3. The summed E-state index contributed by atoms with van der Waals surface area (Å²) in [7, 11) is 0. The Kier molecular flexibility index (Phi) is 3.35. The molecule has 17 heavy (non-hydrogen) atoms. The molecular formula is C13H17NO2S. The summed E-state index contributed by atoms with van der Waals surface area (Å²) >= 11 is 1.59. The van der Waals surface area contributed by atoms with Gasteiger partial charge in [-0.15, -0.1) is 11.3 Å². The second-order valence-corrected chi connectivity index (χ2v) is 5.30. The minimum atomic E-state index is -0.530.